The van der Waals surface area contributed by atoms with Crippen molar-refractivity contribution >= 4 is 22.8 Å². The van der Waals surface area contributed by atoms with E-state index in [1.165, 1.54) is 4.57 Å². The van der Waals surface area contributed by atoms with Crippen LogP contribution in [0.15, 0.2) is 27.8 Å². The summed E-state index contributed by atoms with van der Waals surface area (Å²) in [6.45, 7) is 5.56. The highest BCUT2D eigenvalue weighted by molar-refractivity contribution is 5.78. The summed E-state index contributed by atoms with van der Waals surface area (Å²) < 4.78 is 8.81. The second-order valence-corrected chi connectivity index (χ2v) is 6.90. The van der Waals surface area contributed by atoms with Crippen LogP contribution in [0.5, 0.6) is 5.75 Å². The molecule has 2 aromatic heterocycles. The van der Waals surface area contributed by atoms with Gasteiger partial charge in [0.1, 0.15) is 5.75 Å². The van der Waals surface area contributed by atoms with Gasteiger partial charge in [0.15, 0.2) is 11.2 Å². The Labute approximate surface area is 149 Å². The molecule has 0 radical (unpaired) electrons. The van der Waals surface area contributed by atoms with Crippen LogP contribution in [0.3, 0.4) is 0 Å². The molecule has 3 aromatic rings. The Morgan fingerprint density at radius 2 is 2.04 bits per heavy atom. The van der Waals surface area contributed by atoms with Crippen molar-refractivity contribution in [2.24, 2.45) is 13.0 Å². The lowest BCUT2D eigenvalue weighted by atomic mass is 10.1. The van der Waals surface area contributed by atoms with Crippen LogP contribution in [0, 0.1) is 12.8 Å². The van der Waals surface area contributed by atoms with Crippen molar-refractivity contribution in [3.8, 4) is 5.75 Å². The molecule has 4 rings (SSSR count). The molecule has 0 fully saturated rings. The second-order valence-electron chi connectivity index (χ2n) is 6.90. The minimum absolute atomic E-state index is 0.293. The second kappa shape index (κ2) is 5.76. The maximum absolute atomic E-state index is 12.4. The number of nitrogens with one attached hydrogen (secondary N) is 1. The van der Waals surface area contributed by atoms with E-state index >= 15 is 0 Å². The number of hydrogen-bond acceptors (Lipinski definition) is 5. The number of methoxy groups -OCH3 is 1. The Morgan fingerprint density at radius 1 is 1.27 bits per heavy atom. The van der Waals surface area contributed by atoms with E-state index in [2.05, 4.69) is 21.8 Å². The molecule has 3 heterocycles. The zero-order valence-corrected chi connectivity index (χ0v) is 15.2. The summed E-state index contributed by atoms with van der Waals surface area (Å²) in [7, 11) is 3.25. The Bertz CT molecular complexity index is 1120. The maximum atomic E-state index is 12.4. The average Bonchev–Trinajstić information content (AvgIpc) is 2.99. The van der Waals surface area contributed by atoms with Gasteiger partial charge in [0, 0.05) is 20.1 Å². The van der Waals surface area contributed by atoms with Crippen LogP contribution in [-0.4, -0.2) is 32.8 Å². The smallest absolute Gasteiger partial charge is 0.329 e. The number of hydrogen-bond donors (Lipinski definition) is 1. The lowest BCUT2D eigenvalue weighted by Gasteiger charge is -2.33. The number of aromatic nitrogens is 4. The SMILES string of the molecule is COc1ccc(C)cc1N1C[C@@H](C)Cn2c1nc1c2c(=O)[nH]c(=O)n1C. The van der Waals surface area contributed by atoms with E-state index in [1.807, 2.05) is 29.7 Å². The van der Waals surface area contributed by atoms with Crippen molar-refractivity contribution in [3.63, 3.8) is 0 Å². The lowest BCUT2D eigenvalue weighted by Crippen LogP contribution is -2.35. The van der Waals surface area contributed by atoms with Crippen molar-refractivity contribution < 1.29 is 4.74 Å². The van der Waals surface area contributed by atoms with Gasteiger partial charge in [-0.25, -0.2) is 4.79 Å². The first-order valence-electron chi connectivity index (χ1n) is 8.52. The van der Waals surface area contributed by atoms with Gasteiger partial charge in [-0.2, -0.15) is 4.98 Å². The van der Waals surface area contributed by atoms with Gasteiger partial charge >= 0.3 is 5.69 Å². The molecular formula is C18H21N5O3. The van der Waals surface area contributed by atoms with Gasteiger partial charge in [-0.3, -0.25) is 14.3 Å². The summed E-state index contributed by atoms with van der Waals surface area (Å²) in [6, 6.07) is 5.97. The normalized spacial score (nSPS) is 16.8. The van der Waals surface area contributed by atoms with Crippen molar-refractivity contribution in [1.29, 1.82) is 0 Å². The molecule has 1 aliphatic rings. The number of fused-ring (bicyclic) bond motifs is 3. The Kier molecular flexibility index (Phi) is 3.64. The molecular weight excluding hydrogens is 334 g/mol. The van der Waals surface area contributed by atoms with Gasteiger partial charge in [0.2, 0.25) is 5.95 Å². The first-order valence-corrected chi connectivity index (χ1v) is 8.52. The fraction of sp³-hybridized carbons (Fsp3) is 0.389. The van der Waals surface area contributed by atoms with E-state index in [0.717, 1.165) is 23.5 Å². The van der Waals surface area contributed by atoms with Crippen LogP contribution in [0.1, 0.15) is 12.5 Å². The Morgan fingerprint density at radius 3 is 2.77 bits per heavy atom. The number of aromatic amines is 1. The van der Waals surface area contributed by atoms with Crippen LogP contribution >= 0.6 is 0 Å². The first-order chi connectivity index (χ1) is 12.4. The molecule has 0 aliphatic carbocycles. The number of anilines is 2. The highest BCUT2D eigenvalue weighted by Gasteiger charge is 2.30. The Hall–Kier alpha value is -3.03. The highest BCUT2D eigenvalue weighted by Crippen LogP contribution is 2.38. The average molecular weight is 355 g/mol. The summed E-state index contributed by atoms with van der Waals surface area (Å²) in [5.74, 6) is 1.68. The van der Waals surface area contributed by atoms with Gasteiger partial charge in [-0.15, -0.1) is 0 Å². The third-order valence-corrected chi connectivity index (χ3v) is 4.84. The van der Waals surface area contributed by atoms with Crippen LogP contribution in [0.2, 0.25) is 0 Å². The number of nitrogens with zero attached hydrogens (tertiary/aromatic N) is 4. The van der Waals surface area contributed by atoms with Crippen molar-refractivity contribution in [2.75, 3.05) is 18.6 Å². The summed E-state index contributed by atoms with van der Waals surface area (Å²) in [6.07, 6.45) is 0. The third kappa shape index (κ3) is 2.33. The van der Waals surface area contributed by atoms with E-state index in [0.29, 0.717) is 29.6 Å². The number of aryl methyl sites for hydroxylation is 2. The number of ether oxygens (including phenoxy) is 1. The van der Waals surface area contributed by atoms with Crippen molar-refractivity contribution in [1.82, 2.24) is 19.1 Å². The summed E-state index contributed by atoms with van der Waals surface area (Å²) >= 11 is 0. The zero-order valence-electron chi connectivity index (χ0n) is 15.2. The zero-order chi connectivity index (χ0) is 18.6. The molecule has 1 N–H and O–H groups in total. The summed E-state index contributed by atoms with van der Waals surface area (Å²) in [4.78, 5) is 33.5. The predicted octanol–water partition coefficient (Wildman–Crippen LogP) is 1.53. The summed E-state index contributed by atoms with van der Waals surface area (Å²) in [5, 5.41) is 0. The fourth-order valence-electron chi connectivity index (χ4n) is 3.58. The van der Waals surface area contributed by atoms with Crippen LogP contribution in [0.4, 0.5) is 11.6 Å². The molecule has 26 heavy (non-hydrogen) atoms. The van der Waals surface area contributed by atoms with Gasteiger partial charge in [0.25, 0.3) is 5.56 Å². The molecule has 0 spiro atoms. The summed E-state index contributed by atoms with van der Waals surface area (Å²) in [5.41, 5.74) is 1.94. The molecule has 0 bridgehead atoms. The van der Waals surface area contributed by atoms with Crippen LogP contribution in [-0.2, 0) is 13.6 Å². The van der Waals surface area contributed by atoms with E-state index in [4.69, 9.17) is 4.74 Å². The minimum atomic E-state index is -0.467. The number of imidazole rings is 1. The molecule has 8 heteroatoms. The largest absolute Gasteiger partial charge is 0.495 e. The fourth-order valence-corrected chi connectivity index (χ4v) is 3.58. The van der Waals surface area contributed by atoms with Crippen LogP contribution in [0.25, 0.3) is 11.2 Å². The molecule has 0 saturated heterocycles. The topological polar surface area (TPSA) is 85.2 Å². The standard InChI is InChI=1S/C18H21N5O3/c1-10-5-6-13(26-4)12(7-10)22-8-11(2)9-23-14-15(19-17(22)23)21(3)18(25)20-16(14)24/h5-7,11H,8-9H2,1-4H3,(H,20,24,25)/t11-/m1/s1. The third-order valence-electron chi connectivity index (χ3n) is 4.84. The van der Waals surface area contributed by atoms with Gasteiger partial charge in [-0.1, -0.05) is 13.0 Å². The molecule has 1 atom stereocenters. The monoisotopic (exact) mass is 355 g/mol. The van der Waals surface area contributed by atoms with E-state index in [9.17, 15) is 9.59 Å². The molecule has 1 aliphatic heterocycles. The van der Waals surface area contributed by atoms with Gasteiger partial charge < -0.3 is 14.2 Å². The number of H-pyrrole nitrogens is 1. The molecule has 8 nitrogen and oxygen atoms in total. The van der Waals surface area contributed by atoms with E-state index in [-0.39, 0.29) is 0 Å². The van der Waals surface area contributed by atoms with Crippen molar-refractivity contribution in [3.05, 3.63) is 44.6 Å². The lowest BCUT2D eigenvalue weighted by molar-refractivity contribution is 0.409. The number of benzene rings is 1. The van der Waals surface area contributed by atoms with E-state index < -0.39 is 11.2 Å². The van der Waals surface area contributed by atoms with Gasteiger partial charge in [0.05, 0.1) is 12.8 Å². The van der Waals surface area contributed by atoms with Gasteiger partial charge in [-0.05, 0) is 30.5 Å². The predicted molar refractivity (Wildman–Crippen MR) is 99.5 cm³/mol. The molecule has 0 amide bonds. The maximum Gasteiger partial charge on any atom is 0.329 e. The Balaban J connectivity index is 2.03. The first kappa shape index (κ1) is 16.4. The number of rotatable bonds is 2. The molecule has 0 saturated carbocycles. The van der Waals surface area contributed by atoms with E-state index in [1.54, 1.807) is 14.2 Å². The molecule has 1 aromatic carbocycles. The molecule has 0 unspecified atom stereocenters. The minimum Gasteiger partial charge on any atom is -0.495 e. The van der Waals surface area contributed by atoms with Crippen molar-refractivity contribution in [2.45, 2.75) is 20.4 Å². The quantitative estimate of drug-likeness (QED) is 0.753. The highest BCUT2D eigenvalue weighted by atomic mass is 16.5. The molecule has 136 valence electrons. The van der Waals surface area contributed by atoms with Crippen LogP contribution < -0.4 is 20.9 Å².